The minimum Gasteiger partial charge on any atom is -0.278 e. The quantitative estimate of drug-likeness (QED) is 0.107. The van der Waals surface area contributed by atoms with Crippen LogP contribution in [0.25, 0.3) is 16.8 Å². The van der Waals surface area contributed by atoms with Crippen LogP contribution in [0.15, 0.2) is 82.3 Å². The molecule has 52 heavy (non-hydrogen) atoms. The van der Waals surface area contributed by atoms with E-state index in [4.69, 9.17) is 22.4 Å². The van der Waals surface area contributed by atoms with Crippen molar-refractivity contribution in [1.82, 2.24) is 20.0 Å². The summed E-state index contributed by atoms with van der Waals surface area (Å²) >= 11 is 6.52. The Labute approximate surface area is 306 Å². The maximum absolute atomic E-state index is 16.3. The number of aryl methyl sites for hydroxylation is 3. The van der Waals surface area contributed by atoms with Crippen LogP contribution in [0.4, 0.5) is 21.5 Å². The number of benzene rings is 4. The second-order valence-corrected chi connectivity index (χ2v) is 12.8. The van der Waals surface area contributed by atoms with Crippen molar-refractivity contribution in [1.29, 1.82) is 0 Å². The molecule has 264 valence electrons. The van der Waals surface area contributed by atoms with Gasteiger partial charge in [-0.3, -0.25) is 21.7 Å². The molecule has 0 atom stereocenters. The van der Waals surface area contributed by atoms with Crippen molar-refractivity contribution in [3.8, 4) is 16.8 Å². The van der Waals surface area contributed by atoms with Crippen molar-refractivity contribution >= 4 is 59.7 Å². The molecule has 1 aromatic heterocycles. The SMILES string of the molecule is Cc1cc(N/N=C\C=[NH2+])c(Cc2cc(N/N=C\C=[NH2+])c(-c3cc(N4N=CCN4C)c(Cc4ccc(C)c(-n5nccn5)c4)cc3C)cc2F)cc1Cl. The highest BCUT2D eigenvalue weighted by Gasteiger charge is 2.23. The number of rotatable bonds is 13. The maximum Gasteiger partial charge on any atom is 0.180 e. The minimum absolute atomic E-state index is 0.223. The van der Waals surface area contributed by atoms with Crippen LogP contribution in [0.5, 0.6) is 0 Å². The fourth-order valence-corrected chi connectivity index (χ4v) is 6.29. The van der Waals surface area contributed by atoms with Crippen LogP contribution >= 0.6 is 11.6 Å². The molecule has 0 saturated heterocycles. The van der Waals surface area contributed by atoms with Gasteiger partial charge < -0.3 is 0 Å². The Morgan fingerprint density at radius 3 is 2.21 bits per heavy atom. The third-order valence-corrected chi connectivity index (χ3v) is 9.14. The van der Waals surface area contributed by atoms with Crippen LogP contribution in [-0.2, 0) is 12.8 Å². The topological polar surface area (TPSA) is 150 Å². The van der Waals surface area contributed by atoms with E-state index in [9.17, 15) is 0 Å². The summed E-state index contributed by atoms with van der Waals surface area (Å²) in [6, 6.07) is 17.5. The highest BCUT2D eigenvalue weighted by molar-refractivity contribution is 6.31. The zero-order chi connectivity index (χ0) is 36.8. The molecular weight excluding hydrogens is 679 g/mol. The number of nitrogens with two attached hydrogens (primary N) is 2. The number of nitrogens with one attached hydrogen (secondary N) is 2. The van der Waals surface area contributed by atoms with Gasteiger partial charge in [-0.15, -0.1) is 0 Å². The smallest absolute Gasteiger partial charge is 0.180 e. The standard InChI is InChI=1S/C38H38ClFN12/c1-24-5-6-27(18-37(24)51-45-11-12-46-51)17-30-15-25(2)31(23-38(30)52-47-13-14-50(52)4)32-22-34(40)28(21-36(32)49-44-10-8-42)19-29-20-33(39)26(3)16-35(29)48-43-9-7-41/h5-13,15-16,18,20-23,41-42,48-49H,14,17,19H2,1-4H3/p+2/b41-7?,42-8?,43-9-,44-10-. The summed E-state index contributed by atoms with van der Waals surface area (Å²) in [7, 11) is 1.98. The molecule has 0 spiro atoms. The van der Waals surface area contributed by atoms with Crippen LogP contribution < -0.4 is 26.8 Å². The predicted octanol–water partition coefficient (Wildman–Crippen LogP) is 3.94. The van der Waals surface area contributed by atoms with Gasteiger partial charge in [0.2, 0.25) is 0 Å². The summed E-state index contributed by atoms with van der Waals surface area (Å²) in [6.45, 7) is 6.60. The monoisotopic (exact) mass is 718 g/mol. The van der Waals surface area contributed by atoms with E-state index in [0.29, 0.717) is 40.5 Å². The summed E-state index contributed by atoms with van der Waals surface area (Å²) in [5.74, 6) is -0.392. The molecule has 2 heterocycles. The molecular formula is C38H40ClFN12+2. The molecule has 0 saturated carbocycles. The van der Waals surface area contributed by atoms with Crippen molar-refractivity contribution in [2.45, 2.75) is 33.6 Å². The van der Waals surface area contributed by atoms with E-state index in [1.54, 1.807) is 23.3 Å². The number of hydrazone groups is 3. The Morgan fingerprint density at radius 2 is 1.52 bits per heavy atom. The lowest BCUT2D eigenvalue weighted by atomic mass is 9.91. The van der Waals surface area contributed by atoms with E-state index in [1.165, 1.54) is 30.9 Å². The number of hydrazine groups is 1. The Bertz CT molecular complexity index is 2210. The van der Waals surface area contributed by atoms with Gasteiger partial charge in [-0.25, -0.2) is 4.39 Å². The van der Waals surface area contributed by atoms with Crippen LogP contribution in [0.1, 0.15) is 38.9 Å². The zero-order valence-corrected chi connectivity index (χ0v) is 30.1. The van der Waals surface area contributed by atoms with E-state index >= 15 is 4.39 Å². The van der Waals surface area contributed by atoms with E-state index in [1.807, 2.05) is 56.3 Å². The maximum atomic E-state index is 16.3. The molecule has 12 nitrogen and oxygen atoms in total. The van der Waals surface area contributed by atoms with Gasteiger partial charge in [0, 0.05) is 30.3 Å². The van der Waals surface area contributed by atoms with Crippen molar-refractivity contribution in [2.75, 3.05) is 29.6 Å². The minimum atomic E-state index is -0.392. The van der Waals surface area contributed by atoms with E-state index in [-0.39, 0.29) is 6.42 Å². The first-order chi connectivity index (χ1) is 25.2. The summed E-state index contributed by atoms with van der Waals surface area (Å²) in [5, 5.41) is 37.3. The summed E-state index contributed by atoms with van der Waals surface area (Å²) in [6.07, 6.45) is 11.5. The predicted molar refractivity (Wildman–Crippen MR) is 208 cm³/mol. The molecule has 0 fully saturated rings. The normalized spacial score (nSPS) is 13.1. The summed E-state index contributed by atoms with van der Waals surface area (Å²) < 4.78 is 16.3. The number of aromatic nitrogens is 3. The molecule has 5 aromatic rings. The van der Waals surface area contributed by atoms with Crippen LogP contribution in [0.3, 0.4) is 0 Å². The molecule has 0 unspecified atom stereocenters. The van der Waals surface area contributed by atoms with Gasteiger partial charge in [-0.1, -0.05) is 29.8 Å². The number of halogens is 2. The van der Waals surface area contributed by atoms with Gasteiger partial charge in [0.15, 0.2) is 12.4 Å². The van der Waals surface area contributed by atoms with Crippen LogP contribution in [0.2, 0.25) is 5.02 Å². The zero-order valence-electron chi connectivity index (χ0n) is 29.3. The fourth-order valence-electron chi connectivity index (χ4n) is 6.11. The first kappa shape index (κ1) is 35.8. The molecule has 6 N–H and O–H groups in total. The number of nitrogens with zero attached hydrogens (tertiary/aromatic N) is 8. The van der Waals surface area contributed by atoms with Gasteiger partial charge in [-0.2, -0.15) is 40.4 Å². The molecule has 0 amide bonds. The van der Waals surface area contributed by atoms with Crippen molar-refractivity contribution in [2.24, 2.45) is 15.3 Å². The van der Waals surface area contributed by atoms with Gasteiger partial charge in [0.05, 0.1) is 41.7 Å². The van der Waals surface area contributed by atoms with Gasteiger partial charge in [0.1, 0.15) is 18.2 Å². The van der Waals surface area contributed by atoms with Crippen LogP contribution in [0, 0.1) is 26.6 Å². The third kappa shape index (κ3) is 7.80. The average Bonchev–Trinajstić information content (AvgIpc) is 3.82. The highest BCUT2D eigenvalue weighted by atomic mass is 35.5. The lowest BCUT2D eigenvalue weighted by Crippen LogP contribution is -2.32. The highest BCUT2D eigenvalue weighted by Crippen LogP contribution is 2.39. The van der Waals surface area contributed by atoms with Crippen molar-refractivity contribution in [3.63, 3.8) is 0 Å². The molecule has 6 rings (SSSR count). The molecule has 1 aliphatic rings. The van der Waals surface area contributed by atoms with Gasteiger partial charge >= 0.3 is 0 Å². The molecule has 14 heteroatoms. The largest absolute Gasteiger partial charge is 0.278 e. The molecule has 1 aliphatic heterocycles. The Morgan fingerprint density at radius 1 is 0.788 bits per heavy atom. The van der Waals surface area contributed by atoms with Crippen LogP contribution in [-0.4, -0.2) is 64.7 Å². The number of hydrogen-bond donors (Lipinski definition) is 4. The summed E-state index contributed by atoms with van der Waals surface area (Å²) in [4.78, 5) is 1.63. The van der Waals surface area contributed by atoms with Gasteiger partial charge in [0.25, 0.3) is 0 Å². The third-order valence-electron chi connectivity index (χ3n) is 8.74. The fraction of sp³-hybridized carbons (Fsp3) is 0.184. The number of hydrogen-bond acceptors (Lipinski definition) is 9. The first-order valence-corrected chi connectivity index (χ1v) is 16.9. The summed E-state index contributed by atoms with van der Waals surface area (Å²) in [5.41, 5.74) is 16.7. The lowest BCUT2D eigenvalue weighted by molar-refractivity contribution is -0.103. The van der Waals surface area contributed by atoms with E-state index in [2.05, 4.69) is 66.7 Å². The first-order valence-electron chi connectivity index (χ1n) is 16.6. The van der Waals surface area contributed by atoms with E-state index < -0.39 is 5.82 Å². The van der Waals surface area contributed by atoms with E-state index in [0.717, 1.165) is 50.3 Å². The average molecular weight is 719 g/mol. The van der Waals surface area contributed by atoms with Crippen molar-refractivity contribution in [3.05, 3.63) is 117 Å². The Balaban J connectivity index is 1.44. The van der Waals surface area contributed by atoms with Gasteiger partial charge in [-0.05, 0) is 108 Å². The lowest BCUT2D eigenvalue weighted by Gasteiger charge is -2.27. The second-order valence-electron chi connectivity index (χ2n) is 12.4. The Hall–Kier alpha value is -6.05. The molecule has 4 aromatic carbocycles. The van der Waals surface area contributed by atoms with Crippen molar-refractivity contribution < 1.29 is 15.2 Å². The number of anilines is 3. The Kier molecular flexibility index (Phi) is 10.9. The molecule has 0 bridgehead atoms. The molecule has 0 aliphatic carbocycles. The molecule has 0 radical (unpaired) electrons. The second kappa shape index (κ2) is 15.9.